The molecule has 1 aliphatic rings. The van der Waals surface area contributed by atoms with Gasteiger partial charge in [0.05, 0.1) is 25.6 Å². The number of hydrogen-bond donors (Lipinski definition) is 1. The molecule has 0 atom stereocenters. The molecule has 9 heteroatoms. The van der Waals surface area contributed by atoms with Gasteiger partial charge >= 0.3 is 0 Å². The van der Waals surface area contributed by atoms with Crippen LogP contribution in [0.4, 0.5) is 0 Å². The first-order valence-corrected chi connectivity index (χ1v) is 12.7. The van der Waals surface area contributed by atoms with Crippen molar-refractivity contribution in [2.24, 2.45) is 0 Å². The Labute approximate surface area is 214 Å². The largest absolute Gasteiger partial charge is 0.493 e. The molecule has 2 amide bonds. The molecule has 4 rings (SSSR count). The molecule has 0 unspecified atom stereocenters. The lowest BCUT2D eigenvalue weighted by Gasteiger charge is -2.31. The number of methoxy groups -OCH3 is 2. The van der Waals surface area contributed by atoms with Crippen LogP contribution >= 0.6 is 22.9 Å². The summed E-state index contributed by atoms with van der Waals surface area (Å²) in [5.74, 6) is 1.38. The van der Waals surface area contributed by atoms with Crippen LogP contribution in [-0.4, -0.2) is 49.0 Å². The van der Waals surface area contributed by atoms with Crippen molar-refractivity contribution in [1.82, 2.24) is 15.2 Å². The lowest BCUT2D eigenvalue weighted by molar-refractivity contribution is -0.131. The number of benzene rings is 2. The molecular formula is C26H28ClN3O4S. The Morgan fingerprint density at radius 2 is 1.86 bits per heavy atom. The zero-order chi connectivity index (χ0) is 24.8. The van der Waals surface area contributed by atoms with Crippen molar-refractivity contribution in [3.8, 4) is 11.5 Å². The molecule has 0 saturated carbocycles. The third-order valence-electron chi connectivity index (χ3n) is 6.15. The Kier molecular flexibility index (Phi) is 8.25. The minimum atomic E-state index is -0.213. The Hall–Kier alpha value is -3.10. The zero-order valence-corrected chi connectivity index (χ0v) is 21.3. The van der Waals surface area contributed by atoms with Crippen LogP contribution in [0, 0.1) is 0 Å². The van der Waals surface area contributed by atoms with E-state index in [1.54, 1.807) is 25.7 Å². The van der Waals surface area contributed by atoms with E-state index in [9.17, 15) is 9.59 Å². The highest BCUT2D eigenvalue weighted by atomic mass is 35.5. The summed E-state index contributed by atoms with van der Waals surface area (Å²) in [7, 11) is 3.16. The van der Waals surface area contributed by atoms with Gasteiger partial charge in [-0.3, -0.25) is 9.59 Å². The van der Waals surface area contributed by atoms with Gasteiger partial charge in [-0.05, 0) is 42.2 Å². The Bertz CT molecular complexity index is 1190. The second-order valence-electron chi connectivity index (χ2n) is 8.37. The maximum Gasteiger partial charge on any atom is 0.271 e. The number of hydrogen-bond acceptors (Lipinski definition) is 6. The summed E-state index contributed by atoms with van der Waals surface area (Å²) in [5, 5.41) is 6.28. The van der Waals surface area contributed by atoms with E-state index in [0.29, 0.717) is 48.3 Å². The molecule has 0 aliphatic carbocycles. The van der Waals surface area contributed by atoms with E-state index in [1.807, 2.05) is 41.3 Å². The summed E-state index contributed by atoms with van der Waals surface area (Å²) in [4.78, 5) is 31.8. The number of piperidine rings is 1. The van der Waals surface area contributed by atoms with Gasteiger partial charge in [0.2, 0.25) is 5.91 Å². The van der Waals surface area contributed by atoms with Gasteiger partial charge in [-0.2, -0.15) is 0 Å². The van der Waals surface area contributed by atoms with E-state index in [1.165, 1.54) is 11.3 Å². The lowest BCUT2D eigenvalue weighted by Crippen LogP contribution is -2.38. The number of likely N-dealkylation sites (tertiary alicyclic amines) is 1. The number of amides is 2. The molecule has 0 spiro atoms. The van der Waals surface area contributed by atoms with Gasteiger partial charge in [-0.15, -0.1) is 11.3 Å². The van der Waals surface area contributed by atoms with Gasteiger partial charge in [-0.1, -0.05) is 35.9 Å². The molecule has 0 radical (unpaired) electrons. The SMILES string of the molecule is COc1ccc(CNC(=O)c2csc(C3CCN(C(=O)Cc4ccccc4Cl)CC3)n2)cc1OC. The van der Waals surface area contributed by atoms with Crippen LogP contribution < -0.4 is 14.8 Å². The van der Waals surface area contributed by atoms with Crippen LogP contribution in [0.3, 0.4) is 0 Å². The molecule has 1 fully saturated rings. The van der Waals surface area contributed by atoms with Crippen molar-refractivity contribution in [3.63, 3.8) is 0 Å². The van der Waals surface area contributed by atoms with Crippen LogP contribution in [0.2, 0.25) is 5.02 Å². The summed E-state index contributed by atoms with van der Waals surface area (Å²) < 4.78 is 10.6. The maximum atomic E-state index is 12.7. The highest BCUT2D eigenvalue weighted by molar-refractivity contribution is 7.09. The molecule has 184 valence electrons. The van der Waals surface area contributed by atoms with Crippen molar-refractivity contribution in [1.29, 1.82) is 0 Å². The van der Waals surface area contributed by atoms with Crippen LogP contribution in [0.5, 0.6) is 11.5 Å². The van der Waals surface area contributed by atoms with Crippen molar-refractivity contribution in [3.05, 3.63) is 74.7 Å². The van der Waals surface area contributed by atoms with E-state index < -0.39 is 0 Å². The minimum Gasteiger partial charge on any atom is -0.493 e. The molecule has 1 aromatic heterocycles. The van der Waals surface area contributed by atoms with Gasteiger partial charge < -0.3 is 19.7 Å². The first kappa shape index (κ1) is 25.0. The van der Waals surface area contributed by atoms with Gasteiger partial charge in [-0.25, -0.2) is 4.98 Å². The number of ether oxygens (including phenoxy) is 2. The number of halogens is 1. The van der Waals surface area contributed by atoms with Crippen LogP contribution in [0.1, 0.15) is 45.4 Å². The summed E-state index contributed by atoms with van der Waals surface area (Å²) in [6.07, 6.45) is 1.97. The van der Waals surface area contributed by atoms with Crippen molar-refractivity contribution < 1.29 is 19.1 Å². The summed E-state index contributed by atoms with van der Waals surface area (Å²) in [6, 6.07) is 13.0. The number of carbonyl (C=O) groups is 2. The van der Waals surface area contributed by atoms with Crippen LogP contribution in [-0.2, 0) is 17.8 Å². The summed E-state index contributed by atoms with van der Waals surface area (Å²) >= 11 is 7.70. The normalized spacial score (nSPS) is 14.0. The van der Waals surface area contributed by atoms with E-state index >= 15 is 0 Å². The molecule has 1 N–H and O–H groups in total. The first-order valence-electron chi connectivity index (χ1n) is 11.4. The molecule has 3 aromatic rings. The van der Waals surface area contributed by atoms with E-state index in [-0.39, 0.29) is 17.7 Å². The Morgan fingerprint density at radius 3 is 2.57 bits per heavy atom. The predicted octanol–water partition coefficient (Wildman–Crippen LogP) is 4.69. The average molecular weight is 514 g/mol. The van der Waals surface area contributed by atoms with Crippen molar-refractivity contribution >= 4 is 34.8 Å². The average Bonchev–Trinajstić information content (AvgIpc) is 3.39. The number of nitrogens with zero attached hydrogens (tertiary/aromatic N) is 2. The molecule has 2 aromatic carbocycles. The number of thiazole rings is 1. The fourth-order valence-corrected chi connectivity index (χ4v) is 5.31. The Balaban J connectivity index is 1.28. The molecular weight excluding hydrogens is 486 g/mol. The van der Waals surface area contributed by atoms with Crippen molar-refractivity contribution in [2.75, 3.05) is 27.3 Å². The standard InChI is InChI=1S/C26H28ClN3O4S/c1-33-22-8-7-17(13-23(22)34-2)15-28-25(32)21-16-35-26(29-21)18-9-11-30(12-10-18)24(31)14-19-5-3-4-6-20(19)27/h3-8,13,16,18H,9-12,14-15H2,1-2H3,(H,28,32). The Morgan fingerprint density at radius 1 is 1.11 bits per heavy atom. The number of carbonyl (C=O) groups excluding carboxylic acids is 2. The lowest BCUT2D eigenvalue weighted by atomic mass is 9.97. The number of aromatic nitrogens is 1. The van der Waals surface area contributed by atoms with Crippen LogP contribution in [0.25, 0.3) is 0 Å². The predicted molar refractivity (Wildman–Crippen MR) is 137 cm³/mol. The second-order valence-corrected chi connectivity index (χ2v) is 9.66. The van der Waals surface area contributed by atoms with Crippen molar-refractivity contribution in [2.45, 2.75) is 31.7 Å². The van der Waals surface area contributed by atoms with E-state index in [4.69, 9.17) is 21.1 Å². The highest BCUT2D eigenvalue weighted by Gasteiger charge is 2.26. The smallest absolute Gasteiger partial charge is 0.271 e. The second kappa shape index (κ2) is 11.6. The zero-order valence-electron chi connectivity index (χ0n) is 19.8. The first-order chi connectivity index (χ1) is 17.0. The van der Waals surface area contributed by atoms with Gasteiger partial charge in [0, 0.05) is 36.0 Å². The van der Waals surface area contributed by atoms with E-state index in [0.717, 1.165) is 29.0 Å². The summed E-state index contributed by atoms with van der Waals surface area (Å²) in [6.45, 7) is 1.71. The monoisotopic (exact) mass is 513 g/mol. The molecule has 2 heterocycles. The third kappa shape index (κ3) is 6.13. The molecule has 1 saturated heterocycles. The van der Waals surface area contributed by atoms with Gasteiger partial charge in [0.25, 0.3) is 5.91 Å². The van der Waals surface area contributed by atoms with Gasteiger partial charge in [0.1, 0.15) is 5.69 Å². The molecule has 0 bridgehead atoms. The van der Waals surface area contributed by atoms with Gasteiger partial charge in [0.15, 0.2) is 11.5 Å². The van der Waals surface area contributed by atoms with Crippen LogP contribution in [0.15, 0.2) is 47.8 Å². The summed E-state index contributed by atoms with van der Waals surface area (Å²) in [5.41, 5.74) is 2.17. The topological polar surface area (TPSA) is 80.8 Å². The van der Waals surface area contributed by atoms with E-state index in [2.05, 4.69) is 10.3 Å². The molecule has 35 heavy (non-hydrogen) atoms. The number of nitrogens with one attached hydrogen (secondary N) is 1. The third-order valence-corrected chi connectivity index (χ3v) is 7.53. The quantitative estimate of drug-likeness (QED) is 0.472. The number of rotatable bonds is 8. The molecule has 7 nitrogen and oxygen atoms in total. The molecule has 1 aliphatic heterocycles. The maximum absolute atomic E-state index is 12.7. The fourth-order valence-electron chi connectivity index (χ4n) is 4.14. The minimum absolute atomic E-state index is 0.0888. The fraction of sp³-hybridized carbons (Fsp3) is 0.346. The highest BCUT2D eigenvalue weighted by Crippen LogP contribution is 2.31.